The Morgan fingerprint density at radius 1 is 1.30 bits per heavy atom. The molecule has 0 aliphatic rings. The maximum absolute atomic E-state index is 12.5. The van der Waals surface area contributed by atoms with Gasteiger partial charge in [-0.25, -0.2) is 8.42 Å². The van der Waals surface area contributed by atoms with Gasteiger partial charge in [-0.2, -0.15) is 4.31 Å². The van der Waals surface area contributed by atoms with Crippen LogP contribution in [0.5, 0.6) is 0 Å². The van der Waals surface area contributed by atoms with Crippen molar-refractivity contribution in [1.82, 2.24) is 9.29 Å². The van der Waals surface area contributed by atoms with Crippen LogP contribution in [-0.2, 0) is 16.4 Å². The normalized spacial score (nSPS) is 12.2. The monoisotopic (exact) mass is 362 g/mol. The lowest BCUT2D eigenvalue weighted by Gasteiger charge is -2.29. The predicted molar refractivity (Wildman–Crippen MR) is 86.6 cm³/mol. The molecule has 0 atom stereocenters. The molecule has 0 unspecified atom stereocenters. The number of halogens is 1. The van der Waals surface area contributed by atoms with E-state index in [9.17, 15) is 8.42 Å². The van der Waals surface area contributed by atoms with E-state index >= 15 is 0 Å². The van der Waals surface area contributed by atoms with E-state index < -0.39 is 10.0 Å². The number of sulfonamides is 1. The first-order chi connectivity index (χ1) is 9.55. The zero-order valence-corrected chi connectivity index (χ0v) is 14.5. The van der Waals surface area contributed by atoms with Crippen molar-refractivity contribution in [3.63, 3.8) is 0 Å². The SMILES string of the molecule is CCC(CC)N(CCBr)S(=O)(=O)CCc1ccccn1. The minimum Gasteiger partial charge on any atom is -0.261 e. The Morgan fingerprint density at radius 3 is 2.50 bits per heavy atom. The summed E-state index contributed by atoms with van der Waals surface area (Å²) < 4.78 is 26.7. The molecule has 1 rings (SSSR count). The van der Waals surface area contributed by atoms with Crippen LogP contribution in [0.15, 0.2) is 24.4 Å². The highest BCUT2D eigenvalue weighted by Crippen LogP contribution is 2.15. The third-order valence-electron chi connectivity index (χ3n) is 3.35. The van der Waals surface area contributed by atoms with E-state index in [0.717, 1.165) is 18.5 Å². The number of aromatic nitrogens is 1. The van der Waals surface area contributed by atoms with Crippen LogP contribution in [0, 0.1) is 0 Å². The molecule has 1 aromatic heterocycles. The Hall–Kier alpha value is -0.460. The summed E-state index contributed by atoms with van der Waals surface area (Å²) in [5, 5.41) is 0.659. The average molecular weight is 363 g/mol. The van der Waals surface area contributed by atoms with Crippen LogP contribution in [0.4, 0.5) is 0 Å². The van der Waals surface area contributed by atoms with Crippen molar-refractivity contribution in [3.8, 4) is 0 Å². The topological polar surface area (TPSA) is 50.3 Å². The van der Waals surface area contributed by atoms with Crippen molar-refractivity contribution in [1.29, 1.82) is 0 Å². The second kappa shape index (κ2) is 8.74. The molecule has 0 radical (unpaired) electrons. The predicted octanol–water partition coefficient (Wildman–Crippen LogP) is 2.84. The van der Waals surface area contributed by atoms with E-state index in [0.29, 0.717) is 18.3 Å². The number of alkyl halides is 1. The van der Waals surface area contributed by atoms with E-state index in [4.69, 9.17) is 0 Å². The van der Waals surface area contributed by atoms with E-state index in [2.05, 4.69) is 20.9 Å². The first-order valence-corrected chi connectivity index (χ1v) is 9.73. The van der Waals surface area contributed by atoms with Crippen molar-refractivity contribution in [2.45, 2.75) is 39.2 Å². The van der Waals surface area contributed by atoms with Gasteiger partial charge >= 0.3 is 0 Å². The molecule has 0 aliphatic heterocycles. The zero-order chi connectivity index (χ0) is 15.0. The van der Waals surface area contributed by atoms with Crippen LogP contribution in [0.25, 0.3) is 0 Å². The van der Waals surface area contributed by atoms with Crippen molar-refractivity contribution < 1.29 is 8.42 Å². The van der Waals surface area contributed by atoms with Crippen molar-refractivity contribution >= 4 is 26.0 Å². The number of hydrogen-bond acceptors (Lipinski definition) is 3. The second-order valence-electron chi connectivity index (χ2n) is 4.66. The highest BCUT2D eigenvalue weighted by atomic mass is 79.9. The molecule has 20 heavy (non-hydrogen) atoms. The van der Waals surface area contributed by atoms with Gasteiger partial charge in [-0.1, -0.05) is 35.8 Å². The minimum absolute atomic E-state index is 0.0845. The Bertz CT molecular complexity index is 475. The summed E-state index contributed by atoms with van der Waals surface area (Å²) in [7, 11) is -3.24. The van der Waals surface area contributed by atoms with E-state index in [1.165, 1.54) is 0 Å². The van der Waals surface area contributed by atoms with Gasteiger partial charge in [-0.3, -0.25) is 4.98 Å². The van der Waals surface area contributed by atoms with E-state index in [-0.39, 0.29) is 11.8 Å². The summed E-state index contributed by atoms with van der Waals surface area (Å²) >= 11 is 3.35. The van der Waals surface area contributed by atoms with Crippen molar-refractivity contribution in [3.05, 3.63) is 30.1 Å². The van der Waals surface area contributed by atoms with E-state index in [1.807, 2.05) is 32.0 Å². The molecule has 1 aromatic rings. The Balaban J connectivity index is 2.77. The Morgan fingerprint density at radius 2 is 2.00 bits per heavy atom. The molecule has 0 aliphatic carbocycles. The van der Waals surface area contributed by atoms with Crippen LogP contribution in [0.3, 0.4) is 0 Å². The molecule has 4 nitrogen and oxygen atoms in total. The van der Waals surface area contributed by atoms with Crippen LogP contribution in [-0.4, -0.2) is 41.4 Å². The quantitative estimate of drug-likeness (QED) is 0.634. The first kappa shape index (κ1) is 17.6. The number of rotatable bonds is 9. The van der Waals surface area contributed by atoms with Gasteiger partial charge < -0.3 is 0 Å². The van der Waals surface area contributed by atoms with Gasteiger partial charge in [0.25, 0.3) is 0 Å². The molecule has 0 spiro atoms. The largest absolute Gasteiger partial charge is 0.261 e. The molecule has 0 saturated heterocycles. The van der Waals surface area contributed by atoms with Crippen LogP contribution in [0.2, 0.25) is 0 Å². The molecule has 0 N–H and O–H groups in total. The molecule has 1 heterocycles. The van der Waals surface area contributed by atoms with Crippen LogP contribution in [0.1, 0.15) is 32.4 Å². The number of aryl methyl sites for hydroxylation is 1. The number of hydrogen-bond donors (Lipinski definition) is 0. The molecule has 6 heteroatoms. The fraction of sp³-hybridized carbons (Fsp3) is 0.643. The average Bonchev–Trinajstić information content (AvgIpc) is 2.46. The van der Waals surface area contributed by atoms with Gasteiger partial charge in [-0.15, -0.1) is 0 Å². The lowest BCUT2D eigenvalue weighted by atomic mass is 10.2. The van der Waals surface area contributed by atoms with Gasteiger partial charge in [0, 0.05) is 36.2 Å². The maximum atomic E-state index is 12.5. The second-order valence-corrected chi connectivity index (χ2v) is 7.49. The summed E-state index contributed by atoms with van der Waals surface area (Å²) in [6.45, 7) is 4.59. The number of nitrogens with zero attached hydrogens (tertiary/aromatic N) is 2. The summed E-state index contributed by atoms with van der Waals surface area (Å²) in [6, 6.07) is 5.66. The summed E-state index contributed by atoms with van der Waals surface area (Å²) in [5.74, 6) is 0.119. The zero-order valence-electron chi connectivity index (χ0n) is 12.1. The maximum Gasteiger partial charge on any atom is 0.214 e. The summed E-state index contributed by atoms with van der Waals surface area (Å²) in [4.78, 5) is 4.18. The lowest BCUT2D eigenvalue weighted by molar-refractivity contribution is 0.317. The molecular formula is C14H23BrN2O2S. The highest BCUT2D eigenvalue weighted by Gasteiger charge is 2.27. The molecule has 0 bridgehead atoms. The Kier molecular flexibility index (Phi) is 7.69. The Labute approximate surface area is 130 Å². The van der Waals surface area contributed by atoms with E-state index in [1.54, 1.807) is 10.5 Å². The van der Waals surface area contributed by atoms with Gasteiger partial charge in [0.05, 0.1) is 5.75 Å². The third kappa shape index (κ3) is 5.14. The summed E-state index contributed by atoms with van der Waals surface area (Å²) in [6.07, 6.45) is 3.83. The third-order valence-corrected chi connectivity index (χ3v) is 5.62. The first-order valence-electron chi connectivity index (χ1n) is 7.00. The van der Waals surface area contributed by atoms with Crippen LogP contribution < -0.4 is 0 Å². The fourth-order valence-corrected chi connectivity index (χ4v) is 4.67. The van der Waals surface area contributed by atoms with Gasteiger partial charge in [0.15, 0.2) is 0 Å². The smallest absolute Gasteiger partial charge is 0.214 e. The van der Waals surface area contributed by atoms with Crippen molar-refractivity contribution in [2.24, 2.45) is 0 Å². The highest BCUT2D eigenvalue weighted by molar-refractivity contribution is 9.09. The standard InChI is InChI=1S/C14H23BrN2O2S/c1-3-14(4-2)17(11-9-15)20(18,19)12-8-13-7-5-6-10-16-13/h5-7,10,14H,3-4,8-9,11-12H2,1-2H3. The fourth-order valence-electron chi connectivity index (χ4n) is 2.22. The molecule has 0 fully saturated rings. The van der Waals surface area contributed by atoms with Gasteiger partial charge in [0.2, 0.25) is 10.0 Å². The van der Waals surface area contributed by atoms with Crippen molar-refractivity contribution in [2.75, 3.05) is 17.6 Å². The van der Waals surface area contributed by atoms with Gasteiger partial charge in [-0.05, 0) is 25.0 Å². The molecule has 0 aromatic carbocycles. The van der Waals surface area contributed by atoms with Gasteiger partial charge in [0.1, 0.15) is 0 Å². The molecule has 0 saturated carbocycles. The summed E-state index contributed by atoms with van der Waals surface area (Å²) in [5.41, 5.74) is 0.819. The number of pyridine rings is 1. The molecule has 0 amide bonds. The molecule has 114 valence electrons. The minimum atomic E-state index is -3.24. The molecular weight excluding hydrogens is 340 g/mol. The van der Waals surface area contributed by atoms with Crippen LogP contribution >= 0.6 is 15.9 Å². The lowest BCUT2D eigenvalue weighted by Crippen LogP contribution is -2.42.